The summed E-state index contributed by atoms with van der Waals surface area (Å²) in [6.45, 7) is 0.145. The molecule has 0 spiro atoms. The number of aliphatic hydroxyl groups is 1. The van der Waals surface area contributed by atoms with Crippen LogP contribution in [0.25, 0.3) is 0 Å². The molecule has 0 bridgehead atoms. The number of carbonyl (C=O) groups is 1. The standard InChI is InChI=1S/C14H13NO3/c16-9-12-6-7-13(8-15-12)18-10-14(17)11-4-2-1-3-5-11/h1-9,14,17H,10H2. The van der Waals surface area contributed by atoms with Gasteiger partial charge in [0.05, 0.1) is 6.20 Å². The molecule has 0 aliphatic carbocycles. The normalized spacial score (nSPS) is 11.8. The second-order valence-electron chi connectivity index (χ2n) is 3.77. The van der Waals surface area contributed by atoms with Gasteiger partial charge in [-0.1, -0.05) is 30.3 Å². The van der Waals surface area contributed by atoms with E-state index in [4.69, 9.17) is 4.74 Å². The van der Waals surface area contributed by atoms with Gasteiger partial charge in [-0.2, -0.15) is 0 Å². The van der Waals surface area contributed by atoms with Gasteiger partial charge in [0, 0.05) is 0 Å². The van der Waals surface area contributed by atoms with E-state index in [0.29, 0.717) is 17.7 Å². The molecule has 0 fully saturated rings. The number of benzene rings is 1. The first-order valence-corrected chi connectivity index (χ1v) is 5.56. The Bertz CT molecular complexity index is 496. The Morgan fingerprint density at radius 3 is 2.61 bits per heavy atom. The Labute approximate surface area is 105 Å². The molecule has 1 aromatic heterocycles. The van der Waals surface area contributed by atoms with E-state index in [1.165, 1.54) is 6.20 Å². The van der Waals surface area contributed by atoms with E-state index in [9.17, 15) is 9.90 Å². The molecule has 0 amide bonds. The van der Waals surface area contributed by atoms with Crippen LogP contribution in [0.15, 0.2) is 48.7 Å². The molecule has 0 aliphatic rings. The lowest BCUT2D eigenvalue weighted by atomic mass is 10.1. The monoisotopic (exact) mass is 243 g/mol. The molecule has 1 unspecified atom stereocenters. The van der Waals surface area contributed by atoms with Crippen LogP contribution in [0.5, 0.6) is 5.75 Å². The van der Waals surface area contributed by atoms with Crippen molar-refractivity contribution in [2.75, 3.05) is 6.61 Å². The summed E-state index contributed by atoms with van der Waals surface area (Å²) in [6, 6.07) is 12.5. The zero-order chi connectivity index (χ0) is 12.8. The highest BCUT2D eigenvalue weighted by Crippen LogP contribution is 2.15. The lowest BCUT2D eigenvalue weighted by Crippen LogP contribution is -2.09. The van der Waals surface area contributed by atoms with Crippen LogP contribution in [0.1, 0.15) is 22.2 Å². The number of hydrogen-bond acceptors (Lipinski definition) is 4. The molecule has 4 nitrogen and oxygen atoms in total. The van der Waals surface area contributed by atoms with Crippen LogP contribution in [0, 0.1) is 0 Å². The minimum Gasteiger partial charge on any atom is -0.489 e. The lowest BCUT2D eigenvalue weighted by molar-refractivity contribution is 0.107. The topological polar surface area (TPSA) is 59.4 Å². The second kappa shape index (κ2) is 5.93. The van der Waals surface area contributed by atoms with E-state index in [0.717, 1.165) is 5.56 Å². The number of hydrogen-bond donors (Lipinski definition) is 1. The van der Waals surface area contributed by atoms with Gasteiger partial charge in [-0.05, 0) is 17.7 Å². The first-order valence-electron chi connectivity index (χ1n) is 5.56. The Morgan fingerprint density at radius 2 is 2.00 bits per heavy atom. The van der Waals surface area contributed by atoms with Crippen LogP contribution in [0.4, 0.5) is 0 Å². The molecular weight excluding hydrogens is 230 g/mol. The fourth-order valence-corrected chi connectivity index (χ4v) is 1.49. The van der Waals surface area contributed by atoms with Gasteiger partial charge in [0.1, 0.15) is 24.2 Å². The quantitative estimate of drug-likeness (QED) is 0.816. The van der Waals surface area contributed by atoms with Gasteiger partial charge in [-0.3, -0.25) is 4.79 Å². The second-order valence-corrected chi connectivity index (χ2v) is 3.77. The van der Waals surface area contributed by atoms with Gasteiger partial charge in [-0.15, -0.1) is 0 Å². The van der Waals surface area contributed by atoms with Crippen LogP contribution in [0.3, 0.4) is 0 Å². The average molecular weight is 243 g/mol. The Hall–Kier alpha value is -2.20. The number of nitrogens with zero attached hydrogens (tertiary/aromatic N) is 1. The van der Waals surface area contributed by atoms with Gasteiger partial charge < -0.3 is 9.84 Å². The third-order valence-corrected chi connectivity index (χ3v) is 2.47. The molecular formula is C14H13NO3. The summed E-state index contributed by atoms with van der Waals surface area (Å²) in [5.74, 6) is 0.524. The molecule has 0 aliphatic heterocycles. The highest BCUT2D eigenvalue weighted by Gasteiger charge is 2.07. The van der Waals surface area contributed by atoms with E-state index in [1.807, 2.05) is 30.3 Å². The lowest BCUT2D eigenvalue weighted by Gasteiger charge is -2.12. The smallest absolute Gasteiger partial charge is 0.168 e. The van der Waals surface area contributed by atoms with E-state index in [2.05, 4.69) is 4.98 Å². The molecule has 1 heterocycles. The number of carbonyl (C=O) groups excluding carboxylic acids is 1. The van der Waals surface area contributed by atoms with Gasteiger partial charge in [-0.25, -0.2) is 4.98 Å². The molecule has 1 aromatic carbocycles. The van der Waals surface area contributed by atoms with E-state index >= 15 is 0 Å². The van der Waals surface area contributed by atoms with Crippen molar-refractivity contribution in [2.45, 2.75) is 6.10 Å². The molecule has 0 saturated heterocycles. The first-order chi connectivity index (χ1) is 8.79. The Kier molecular flexibility index (Phi) is 4.04. The number of pyridine rings is 1. The van der Waals surface area contributed by atoms with Gasteiger partial charge >= 0.3 is 0 Å². The molecule has 1 atom stereocenters. The fraction of sp³-hybridized carbons (Fsp3) is 0.143. The van der Waals surface area contributed by atoms with E-state index < -0.39 is 6.10 Å². The van der Waals surface area contributed by atoms with Crippen molar-refractivity contribution in [1.29, 1.82) is 0 Å². The molecule has 18 heavy (non-hydrogen) atoms. The van der Waals surface area contributed by atoms with Crippen molar-refractivity contribution >= 4 is 6.29 Å². The number of aliphatic hydroxyl groups excluding tert-OH is 1. The van der Waals surface area contributed by atoms with Gasteiger partial charge in [0.2, 0.25) is 0 Å². The molecule has 0 saturated carbocycles. The minimum absolute atomic E-state index is 0.145. The fourth-order valence-electron chi connectivity index (χ4n) is 1.49. The van der Waals surface area contributed by atoms with Crippen molar-refractivity contribution < 1.29 is 14.6 Å². The summed E-state index contributed by atoms with van der Waals surface area (Å²) in [4.78, 5) is 14.3. The minimum atomic E-state index is -0.683. The number of ether oxygens (including phenoxy) is 1. The Morgan fingerprint density at radius 1 is 1.22 bits per heavy atom. The molecule has 4 heteroatoms. The third kappa shape index (κ3) is 3.15. The summed E-state index contributed by atoms with van der Waals surface area (Å²) in [6.07, 6.45) is 1.45. The van der Waals surface area contributed by atoms with Crippen LogP contribution in [0.2, 0.25) is 0 Å². The third-order valence-electron chi connectivity index (χ3n) is 2.47. The van der Waals surface area contributed by atoms with Gasteiger partial charge in [0.25, 0.3) is 0 Å². The van der Waals surface area contributed by atoms with Crippen molar-refractivity contribution in [3.63, 3.8) is 0 Å². The maximum absolute atomic E-state index is 10.4. The van der Waals surface area contributed by atoms with Crippen molar-refractivity contribution in [1.82, 2.24) is 4.98 Å². The molecule has 0 radical (unpaired) electrons. The maximum atomic E-state index is 10.4. The zero-order valence-electron chi connectivity index (χ0n) is 9.69. The number of rotatable bonds is 5. The summed E-state index contributed by atoms with van der Waals surface area (Å²) < 4.78 is 5.39. The summed E-state index contributed by atoms with van der Waals surface area (Å²) >= 11 is 0. The molecule has 2 rings (SSSR count). The molecule has 1 N–H and O–H groups in total. The van der Waals surface area contributed by atoms with Gasteiger partial charge in [0.15, 0.2) is 6.29 Å². The van der Waals surface area contributed by atoms with Crippen LogP contribution in [-0.4, -0.2) is 23.0 Å². The first kappa shape index (κ1) is 12.3. The summed E-state index contributed by atoms with van der Waals surface area (Å²) in [7, 11) is 0. The molecule has 2 aromatic rings. The number of aromatic nitrogens is 1. The SMILES string of the molecule is O=Cc1ccc(OCC(O)c2ccccc2)cn1. The van der Waals surface area contributed by atoms with E-state index in [1.54, 1.807) is 12.1 Å². The van der Waals surface area contributed by atoms with E-state index in [-0.39, 0.29) is 6.61 Å². The van der Waals surface area contributed by atoms with Crippen LogP contribution >= 0.6 is 0 Å². The van der Waals surface area contributed by atoms with Crippen molar-refractivity contribution in [3.05, 3.63) is 59.9 Å². The maximum Gasteiger partial charge on any atom is 0.168 e. The summed E-state index contributed by atoms with van der Waals surface area (Å²) in [5, 5.41) is 9.88. The van der Waals surface area contributed by atoms with Crippen LogP contribution < -0.4 is 4.74 Å². The van der Waals surface area contributed by atoms with Crippen molar-refractivity contribution in [2.24, 2.45) is 0 Å². The summed E-state index contributed by atoms with van der Waals surface area (Å²) in [5.41, 5.74) is 1.15. The highest BCUT2D eigenvalue weighted by molar-refractivity contribution is 5.71. The Balaban J connectivity index is 1.93. The van der Waals surface area contributed by atoms with Crippen molar-refractivity contribution in [3.8, 4) is 5.75 Å². The largest absolute Gasteiger partial charge is 0.489 e. The average Bonchev–Trinajstić information content (AvgIpc) is 2.46. The zero-order valence-corrected chi connectivity index (χ0v) is 9.69. The predicted octanol–water partition coefficient (Wildman–Crippen LogP) is 2.01. The molecule has 92 valence electrons. The number of aldehydes is 1. The predicted molar refractivity (Wildman–Crippen MR) is 66.5 cm³/mol. The highest BCUT2D eigenvalue weighted by atomic mass is 16.5. The van der Waals surface area contributed by atoms with Crippen LogP contribution in [-0.2, 0) is 0 Å².